The molecular weight excluding hydrogens is 140 g/mol. The van der Waals surface area contributed by atoms with Crippen LogP contribution in [-0.2, 0) is 6.42 Å². The second-order valence-corrected chi connectivity index (χ2v) is 2.27. The SMILES string of the molecule is CCc1ncnn2nccc12. The van der Waals surface area contributed by atoms with Gasteiger partial charge in [0.1, 0.15) is 11.8 Å². The van der Waals surface area contributed by atoms with Crippen molar-refractivity contribution in [1.82, 2.24) is 19.8 Å². The molecule has 0 fully saturated rings. The topological polar surface area (TPSA) is 43.1 Å². The van der Waals surface area contributed by atoms with Crippen LogP contribution in [0.2, 0.25) is 0 Å². The maximum Gasteiger partial charge on any atom is 0.138 e. The van der Waals surface area contributed by atoms with E-state index in [2.05, 4.69) is 22.1 Å². The van der Waals surface area contributed by atoms with Gasteiger partial charge in [0.05, 0.1) is 11.9 Å². The van der Waals surface area contributed by atoms with Gasteiger partial charge < -0.3 is 0 Å². The molecule has 56 valence electrons. The summed E-state index contributed by atoms with van der Waals surface area (Å²) in [6.45, 7) is 2.06. The Hall–Kier alpha value is -1.45. The normalized spacial score (nSPS) is 10.6. The lowest BCUT2D eigenvalue weighted by atomic mass is 10.3. The highest BCUT2D eigenvalue weighted by Gasteiger charge is 1.99. The smallest absolute Gasteiger partial charge is 0.138 e. The fourth-order valence-corrected chi connectivity index (χ4v) is 1.08. The van der Waals surface area contributed by atoms with E-state index in [1.54, 1.807) is 10.8 Å². The zero-order valence-corrected chi connectivity index (χ0v) is 6.23. The predicted octanol–water partition coefficient (Wildman–Crippen LogP) is 0.687. The van der Waals surface area contributed by atoms with Crippen molar-refractivity contribution < 1.29 is 0 Å². The Kier molecular flexibility index (Phi) is 1.31. The van der Waals surface area contributed by atoms with Crippen molar-refractivity contribution in [3.63, 3.8) is 0 Å². The van der Waals surface area contributed by atoms with Crippen LogP contribution in [0, 0.1) is 0 Å². The van der Waals surface area contributed by atoms with E-state index in [1.165, 1.54) is 6.33 Å². The highest BCUT2D eigenvalue weighted by atomic mass is 15.4. The molecule has 0 saturated carbocycles. The van der Waals surface area contributed by atoms with E-state index in [9.17, 15) is 0 Å². The van der Waals surface area contributed by atoms with Crippen LogP contribution in [0.5, 0.6) is 0 Å². The largest absolute Gasteiger partial charge is 0.237 e. The Labute approximate surface area is 63.9 Å². The molecule has 0 aromatic carbocycles. The fraction of sp³-hybridized carbons (Fsp3) is 0.286. The van der Waals surface area contributed by atoms with Crippen LogP contribution in [0.4, 0.5) is 0 Å². The van der Waals surface area contributed by atoms with E-state index in [4.69, 9.17) is 0 Å². The van der Waals surface area contributed by atoms with Crippen LogP contribution in [0.25, 0.3) is 5.52 Å². The molecule has 4 nitrogen and oxygen atoms in total. The summed E-state index contributed by atoms with van der Waals surface area (Å²) in [4.78, 5) is 4.13. The molecule has 11 heavy (non-hydrogen) atoms. The summed E-state index contributed by atoms with van der Waals surface area (Å²) in [7, 11) is 0. The second-order valence-electron chi connectivity index (χ2n) is 2.27. The standard InChI is InChI=1S/C7H8N4/c1-2-6-7-3-4-9-11(7)10-5-8-6/h3-5H,2H2,1H3. The summed E-state index contributed by atoms with van der Waals surface area (Å²) < 4.78 is 1.59. The zero-order chi connectivity index (χ0) is 7.68. The van der Waals surface area contributed by atoms with E-state index in [1.807, 2.05) is 6.07 Å². The van der Waals surface area contributed by atoms with Gasteiger partial charge in [-0.2, -0.15) is 5.10 Å². The molecule has 2 aromatic heterocycles. The van der Waals surface area contributed by atoms with Gasteiger partial charge in [-0.1, -0.05) is 6.92 Å². The van der Waals surface area contributed by atoms with E-state index < -0.39 is 0 Å². The molecule has 0 bridgehead atoms. The lowest BCUT2D eigenvalue weighted by Gasteiger charge is -1.95. The molecular formula is C7H8N4. The van der Waals surface area contributed by atoms with E-state index in [0.717, 1.165) is 17.6 Å². The van der Waals surface area contributed by atoms with Crippen molar-refractivity contribution in [2.75, 3.05) is 0 Å². The number of nitrogens with zero attached hydrogens (tertiary/aromatic N) is 4. The van der Waals surface area contributed by atoms with Gasteiger partial charge in [0.2, 0.25) is 0 Å². The summed E-state index contributed by atoms with van der Waals surface area (Å²) >= 11 is 0. The average Bonchev–Trinajstić information content (AvgIpc) is 2.50. The maximum atomic E-state index is 4.13. The molecule has 4 heteroatoms. The minimum atomic E-state index is 0.914. The van der Waals surface area contributed by atoms with Gasteiger partial charge in [-0.15, -0.1) is 9.73 Å². The summed E-state index contributed by atoms with van der Waals surface area (Å²) in [5.41, 5.74) is 2.03. The number of aromatic nitrogens is 4. The Balaban J connectivity index is 2.79. The van der Waals surface area contributed by atoms with Crippen LogP contribution >= 0.6 is 0 Å². The summed E-state index contributed by atoms with van der Waals surface area (Å²) in [6.07, 6.45) is 4.17. The Morgan fingerprint density at radius 3 is 3.18 bits per heavy atom. The summed E-state index contributed by atoms with van der Waals surface area (Å²) in [5, 5.41) is 7.94. The van der Waals surface area contributed by atoms with Crippen molar-refractivity contribution >= 4 is 5.52 Å². The first-order valence-electron chi connectivity index (χ1n) is 3.55. The first-order chi connectivity index (χ1) is 5.42. The molecule has 0 saturated heterocycles. The Bertz CT molecular complexity index is 365. The van der Waals surface area contributed by atoms with Gasteiger partial charge in [0, 0.05) is 0 Å². The highest BCUT2D eigenvalue weighted by molar-refractivity contribution is 5.48. The lowest BCUT2D eigenvalue weighted by molar-refractivity contribution is 0.765. The Morgan fingerprint density at radius 1 is 1.45 bits per heavy atom. The number of hydrogen-bond acceptors (Lipinski definition) is 3. The van der Waals surface area contributed by atoms with Gasteiger partial charge in [0.25, 0.3) is 0 Å². The zero-order valence-electron chi connectivity index (χ0n) is 6.23. The van der Waals surface area contributed by atoms with Crippen LogP contribution in [0.1, 0.15) is 12.6 Å². The summed E-state index contributed by atoms with van der Waals surface area (Å²) in [5.74, 6) is 0. The van der Waals surface area contributed by atoms with Crippen molar-refractivity contribution in [2.24, 2.45) is 0 Å². The molecule has 0 aliphatic carbocycles. The number of fused-ring (bicyclic) bond motifs is 1. The van der Waals surface area contributed by atoms with Crippen LogP contribution in [0.15, 0.2) is 18.6 Å². The molecule has 0 N–H and O–H groups in total. The highest BCUT2D eigenvalue weighted by Crippen LogP contribution is 2.04. The third-order valence-corrected chi connectivity index (χ3v) is 1.63. The van der Waals surface area contributed by atoms with Crippen LogP contribution in [0.3, 0.4) is 0 Å². The van der Waals surface area contributed by atoms with E-state index in [0.29, 0.717) is 0 Å². The molecule has 2 aromatic rings. The van der Waals surface area contributed by atoms with Gasteiger partial charge >= 0.3 is 0 Å². The number of rotatable bonds is 1. The predicted molar refractivity (Wildman–Crippen MR) is 40.2 cm³/mol. The Morgan fingerprint density at radius 2 is 2.36 bits per heavy atom. The van der Waals surface area contributed by atoms with Crippen molar-refractivity contribution in [1.29, 1.82) is 0 Å². The third-order valence-electron chi connectivity index (χ3n) is 1.63. The van der Waals surface area contributed by atoms with Gasteiger partial charge in [-0.05, 0) is 12.5 Å². The monoisotopic (exact) mass is 148 g/mol. The van der Waals surface area contributed by atoms with E-state index >= 15 is 0 Å². The van der Waals surface area contributed by atoms with Gasteiger partial charge in [0.15, 0.2) is 0 Å². The van der Waals surface area contributed by atoms with E-state index in [-0.39, 0.29) is 0 Å². The first-order valence-corrected chi connectivity index (χ1v) is 3.55. The van der Waals surface area contributed by atoms with Crippen LogP contribution < -0.4 is 0 Å². The lowest BCUT2D eigenvalue weighted by Crippen LogP contribution is -1.98. The molecule has 0 spiro atoms. The van der Waals surface area contributed by atoms with Crippen molar-refractivity contribution in [2.45, 2.75) is 13.3 Å². The quantitative estimate of drug-likeness (QED) is 0.597. The third kappa shape index (κ3) is 0.869. The average molecular weight is 148 g/mol. The van der Waals surface area contributed by atoms with Crippen molar-refractivity contribution in [3.8, 4) is 0 Å². The molecule has 0 aliphatic heterocycles. The molecule has 0 atom stereocenters. The fourth-order valence-electron chi connectivity index (χ4n) is 1.08. The number of aryl methyl sites for hydroxylation is 1. The minimum absolute atomic E-state index is 0.914. The summed E-state index contributed by atoms with van der Waals surface area (Å²) in [6, 6.07) is 1.92. The van der Waals surface area contributed by atoms with Crippen LogP contribution in [-0.4, -0.2) is 19.8 Å². The van der Waals surface area contributed by atoms with Gasteiger partial charge in [-0.25, -0.2) is 4.98 Å². The molecule has 0 unspecified atom stereocenters. The van der Waals surface area contributed by atoms with Gasteiger partial charge in [-0.3, -0.25) is 0 Å². The van der Waals surface area contributed by atoms with Crippen molar-refractivity contribution in [3.05, 3.63) is 24.3 Å². The minimum Gasteiger partial charge on any atom is -0.237 e. The molecule has 2 heterocycles. The number of hydrogen-bond donors (Lipinski definition) is 0. The molecule has 0 amide bonds. The first kappa shape index (κ1) is 6.27. The second kappa shape index (κ2) is 2.30. The maximum absolute atomic E-state index is 4.13. The molecule has 0 radical (unpaired) electrons. The molecule has 0 aliphatic rings. The molecule has 2 rings (SSSR count).